The normalized spacial score (nSPS) is 13.1. The van der Waals surface area contributed by atoms with Crippen molar-refractivity contribution in [1.29, 1.82) is 0 Å². The van der Waals surface area contributed by atoms with E-state index in [2.05, 4.69) is 19.1 Å². The van der Waals surface area contributed by atoms with Crippen LogP contribution in [0.25, 0.3) is 0 Å². The Morgan fingerprint density at radius 3 is 2.44 bits per heavy atom. The van der Waals surface area contributed by atoms with E-state index in [-0.39, 0.29) is 12.2 Å². The number of rotatable bonds is 6. The SMILES string of the molecule is Cc1ccccc1COCC(C)OC(C)C. The average Bonchev–Trinajstić information content (AvgIpc) is 2.19. The average molecular weight is 222 g/mol. The summed E-state index contributed by atoms with van der Waals surface area (Å²) in [5.41, 5.74) is 2.53. The van der Waals surface area contributed by atoms with E-state index in [0.717, 1.165) is 0 Å². The Bertz CT molecular complexity index is 307. The fraction of sp³-hybridized carbons (Fsp3) is 0.571. The van der Waals surface area contributed by atoms with E-state index in [1.165, 1.54) is 11.1 Å². The van der Waals surface area contributed by atoms with Gasteiger partial charge in [-0.25, -0.2) is 0 Å². The van der Waals surface area contributed by atoms with Crippen molar-refractivity contribution in [1.82, 2.24) is 0 Å². The molecule has 2 nitrogen and oxygen atoms in total. The van der Waals surface area contributed by atoms with Crippen LogP contribution in [0.3, 0.4) is 0 Å². The molecule has 0 aliphatic heterocycles. The van der Waals surface area contributed by atoms with Gasteiger partial charge in [-0.05, 0) is 38.8 Å². The van der Waals surface area contributed by atoms with Crippen LogP contribution in [0, 0.1) is 6.92 Å². The first kappa shape index (κ1) is 13.2. The maximum absolute atomic E-state index is 5.64. The Morgan fingerprint density at radius 2 is 1.81 bits per heavy atom. The molecule has 0 saturated carbocycles. The summed E-state index contributed by atoms with van der Waals surface area (Å²) >= 11 is 0. The van der Waals surface area contributed by atoms with Crippen LogP contribution < -0.4 is 0 Å². The van der Waals surface area contributed by atoms with E-state index >= 15 is 0 Å². The number of hydrogen-bond donors (Lipinski definition) is 0. The molecule has 1 unspecified atom stereocenters. The number of benzene rings is 1. The molecule has 16 heavy (non-hydrogen) atoms. The number of aryl methyl sites for hydroxylation is 1. The van der Waals surface area contributed by atoms with Gasteiger partial charge in [-0.2, -0.15) is 0 Å². The minimum atomic E-state index is 0.156. The van der Waals surface area contributed by atoms with E-state index < -0.39 is 0 Å². The first-order chi connectivity index (χ1) is 7.59. The second kappa shape index (κ2) is 6.66. The molecule has 1 atom stereocenters. The first-order valence-electron chi connectivity index (χ1n) is 5.87. The van der Waals surface area contributed by atoms with Crippen LogP contribution >= 0.6 is 0 Å². The van der Waals surface area contributed by atoms with Crippen molar-refractivity contribution in [2.45, 2.75) is 46.5 Å². The molecule has 0 aliphatic rings. The van der Waals surface area contributed by atoms with Crippen LogP contribution in [0.15, 0.2) is 24.3 Å². The van der Waals surface area contributed by atoms with Crippen molar-refractivity contribution in [2.75, 3.05) is 6.61 Å². The fourth-order valence-corrected chi connectivity index (χ4v) is 1.61. The van der Waals surface area contributed by atoms with Crippen LogP contribution in [-0.4, -0.2) is 18.8 Å². The van der Waals surface area contributed by atoms with Crippen molar-refractivity contribution in [3.63, 3.8) is 0 Å². The third kappa shape index (κ3) is 4.77. The monoisotopic (exact) mass is 222 g/mol. The van der Waals surface area contributed by atoms with E-state index in [1.54, 1.807) is 0 Å². The smallest absolute Gasteiger partial charge is 0.0784 e. The van der Waals surface area contributed by atoms with Crippen molar-refractivity contribution < 1.29 is 9.47 Å². The lowest BCUT2D eigenvalue weighted by Crippen LogP contribution is -2.20. The Hall–Kier alpha value is -0.860. The maximum atomic E-state index is 5.64. The molecule has 0 amide bonds. The van der Waals surface area contributed by atoms with Crippen LogP contribution in [-0.2, 0) is 16.1 Å². The number of ether oxygens (including phenoxy) is 2. The Morgan fingerprint density at radius 1 is 1.12 bits per heavy atom. The second-order valence-electron chi connectivity index (χ2n) is 4.44. The Kier molecular flexibility index (Phi) is 5.50. The summed E-state index contributed by atoms with van der Waals surface area (Å²) in [7, 11) is 0. The van der Waals surface area contributed by atoms with E-state index in [1.807, 2.05) is 32.9 Å². The first-order valence-corrected chi connectivity index (χ1v) is 5.87. The third-order valence-electron chi connectivity index (χ3n) is 2.38. The number of hydrogen-bond acceptors (Lipinski definition) is 2. The molecule has 0 aromatic heterocycles. The second-order valence-corrected chi connectivity index (χ2v) is 4.44. The predicted molar refractivity (Wildman–Crippen MR) is 66.5 cm³/mol. The quantitative estimate of drug-likeness (QED) is 0.735. The summed E-state index contributed by atoms with van der Waals surface area (Å²) in [5, 5.41) is 0. The highest BCUT2D eigenvalue weighted by molar-refractivity contribution is 5.24. The molecule has 0 aliphatic carbocycles. The highest BCUT2D eigenvalue weighted by Gasteiger charge is 2.05. The summed E-state index contributed by atoms with van der Waals surface area (Å²) < 4.78 is 11.2. The summed E-state index contributed by atoms with van der Waals surface area (Å²) in [6.45, 7) is 9.53. The molecule has 0 N–H and O–H groups in total. The van der Waals surface area contributed by atoms with Gasteiger partial charge in [0.05, 0.1) is 25.4 Å². The Balaban J connectivity index is 2.28. The Labute approximate surface area is 98.6 Å². The van der Waals surface area contributed by atoms with Gasteiger partial charge in [0.1, 0.15) is 0 Å². The van der Waals surface area contributed by atoms with Gasteiger partial charge in [0, 0.05) is 0 Å². The molecule has 0 heterocycles. The summed E-state index contributed by atoms with van der Waals surface area (Å²) in [4.78, 5) is 0. The third-order valence-corrected chi connectivity index (χ3v) is 2.38. The lowest BCUT2D eigenvalue weighted by molar-refractivity contribution is -0.0389. The van der Waals surface area contributed by atoms with Gasteiger partial charge in [0.25, 0.3) is 0 Å². The zero-order chi connectivity index (χ0) is 12.0. The molecule has 0 radical (unpaired) electrons. The van der Waals surface area contributed by atoms with Gasteiger partial charge in [-0.15, -0.1) is 0 Å². The van der Waals surface area contributed by atoms with Gasteiger partial charge < -0.3 is 9.47 Å². The fourth-order valence-electron chi connectivity index (χ4n) is 1.61. The predicted octanol–water partition coefficient (Wildman–Crippen LogP) is 3.33. The molecule has 0 bridgehead atoms. The highest BCUT2D eigenvalue weighted by Crippen LogP contribution is 2.09. The standard InChI is InChI=1S/C14H22O2/c1-11(2)16-13(4)9-15-10-14-8-6-5-7-12(14)3/h5-8,11,13H,9-10H2,1-4H3. The largest absolute Gasteiger partial charge is 0.374 e. The molecule has 1 rings (SSSR count). The van der Waals surface area contributed by atoms with Gasteiger partial charge >= 0.3 is 0 Å². The molecular formula is C14H22O2. The minimum absolute atomic E-state index is 0.156. The molecule has 0 fully saturated rings. The van der Waals surface area contributed by atoms with Crippen molar-refractivity contribution in [3.05, 3.63) is 35.4 Å². The maximum Gasteiger partial charge on any atom is 0.0784 e. The summed E-state index contributed by atoms with van der Waals surface area (Å²) in [6, 6.07) is 8.29. The van der Waals surface area contributed by atoms with Gasteiger partial charge in [-0.1, -0.05) is 24.3 Å². The topological polar surface area (TPSA) is 18.5 Å². The lowest BCUT2D eigenvalue weighted by atomic mass is 10.1. The molecule has 1 aromatic rings. The van der Waals surface area contributed by atoms with Crippen LogP contribution in [0.2, 0.25) is 0 Å². The van der Waals surface area contributed by atoms with E-state index in [9.17, 15) is 0 Å². The van der Waals surface area contributed by atoms with Gasteiger partial charge in [0.2, 0.25) is 0 Å². The minimum Gasteiger partial charge on any atom is -0.374 e. The van der Waals surface area contributed by atoms with Crippen LogP contribution in [0.4, 0.5) is 0 Å². The van der Waals surface area contributed by atoms with Gasteiger partial charge in [-0.3, -0.25) is 0 Å². The molecule has 0 saturated heterocycles. The zero-order valence-corrected chi connectivity index (χ0v) is 10.7. The molecule has 1 aromatic carbocycles. The van der Waals surface area contributed by atoms with Gasteiger partial charge in [0.15, 0.2) is 0 Å². The van der Waals surface area contributed by atoms with Crippen LogP contribution in [0.1, 0.15) is 31.9 Å². The molecule has 2 heteroatoms. The van der Waals surface area contributed by atoms with Crippen molar-refractivity contribution >= 4 is 0 Å². The summed E-state index contributed by atoms with van der Waals surface area (Å²) in [5.74, 6) is 0. The van der Waals surface area contributed by atoms with Crippen LogP contribution in [0.5, 0.6) is 0 Å². The molecular weight excluding hydrogens is 200 g/mol. The summed E-state index contributed by atoms with van der Waals surface area (Å²) in [6.07, 6.45) is 0.418. The molecule has 90 valence electrons. The lowest BCUT2D eigenvalue weighted by Gasteiger charge is -2.16. The highest BCUT2D eigenvalue weighted by atomic mass is 16.5. The van der Waals surface area contributed by atoms with Crippen molar-refractivity contribution in [3.8, 4) is 0 Å². The van der Waals surface area contributed by atoms with E-state index in [4.69, 9.17) is 9.47 Å². The van der Waals surface area contributed by atoms with E-state index in [0.29, 0.717) is 13.2 Å². The molecule has 0 spiro atoms. The van der Waals surface area contributed by atoms with Crippen molar-refractivity contribution in [2.24, 2.45) is 0 Å². The zero-order valence-electron chi connectivity index (χ0n) is 10.7.